The third-order valence-electron chi connectivity index (χ3n) is 4.61. The Bertz CT molecular complexity index is 1200. The van der Waals surface area contributed by atoms with Crippen LogP contribution in [-0.2, 0) is 4.79 Å². The molecule has 1 aromatic heterocycles. The molecule has 0 fully saturated rings. The molecule has 2 heterocycles. The van der Waals surface area contributed by atoms with Gasteiger partial charge in [-0.1, -0.05) is 26.0 Å². The van der Waals surface area contributed by atoms with Crippen molar-refractivity contribution in [2.75, 3.05) is 13.2 Å². The molecule has 0 spiro atoms. The van der Waals surface area contributed by atoms with Gasteiger partial charge in [-0.2, -0.15) is 0 Å². The number of nitrogens with one attached hydrogen (secondary N) is 1. The van der Waals surface area contributed by atoms with Gasteiger partial charge in [0, 0.05) is 18.0 Å². The van der Waals surface area contributed by atoms with E-state index < -0.39 is 23.6 Å². The average Bonchev–Trinajstić information content (AvgIpc) is 2.76. The highest BCUT2D eigenvalue weighted by molar-refractivity contribution is 5.96. The Kier molecular flexibility index (Phi) is 5.62. The Balaban J connectivity index is 1.49. The molecule has 8 heteroatoms. The number of carbonyl (C=O) groups excluding carboxylic acids is 2. The summed E-state index contributed by atoms with van der Waals surface area (Å²) in [5.74, 6) is 0.326. The second kappa shape index (κ2) is 8.51. The van der Waals surface area contributed by atoms with E-state index in [-0.39, 0.29) is 29.4 Å². The zero-order chi connectivity index (χ0) is 22.0. The molecule has 1 unspecified atom stereocenters. The summed E-state index contributed by atoms with van der Waals surface area (Å²) in [5.41, 5.74) is -0.649. The van der Waals surface area contributed by atoms with Crippen molar-refractivity contribution >= 4 is 22.8 Å². The van der Waals surface area contributed by atoms with Crippen molar-refractivity contribution in [2.45, 2.75) is 20.0 Å². The van der Waals surface area contributed by atoms with Gasteiger partial charge in [-0.25, -0.2) is 9.59 Å². The highest BCUT2D eigenvalue weighted by Crippen LogP contribution is 2.31. The molecule has 1 atom stereocenters. The molecule has 1 N–H and O–H groups in total. The largest absolute Gasteiger partial charge is 0.485 e. The van der Waals surface area contributed by atoms with Crippen molar-refractivity contribution in [3.63, 3.8) is 0 Å². The summed E-state index contributed by atoms with van der Waals surface area (Å²) in [4.78, 5) is 36.9. The minimum absolute atomic E-state index is 0.0212. The quantitative estimate of drug-likeness (QED) is 0.382. The van der Waals surface area contributed by atoms with Crippen LogP contribution < -0.4 is 25.2 Å². The van der Waals surface area contributed by atoms with Crippen molar-refractivity contribution in [3.8, 4) is 17.2 Å². The number of hydrogen-bond acceptors (Lipinski definition) is 7. The molecule has 4 rings (SSSR count). The van der Waals surface area contributed by atoms with Gasteiger partial charge >= 0.3 is 11.6 Å². The number of benzene rings is 2. The van der Waals surface area contributed by atoms with Crippen molar-refractivity contribution in [1.82, 2.24) is 5.32 Å². The molecule has 31 heavy (non-hydrogen) atoms. The number of esters is 1. The fraction of sp³-hybridized carbons (Fsp3) is 0.261. The summed E-state index contributed by atoms with van der Waals surface area (Å²) in [6.45, 7) is 4.38. The molecule has 0 bridgehead atoms. The molecule has 0 saturated carbocycles. The maximum Gasteiger partial charge on any atom is 0.356 e. The first kappa shape index (κ1) is 20.5. The van der Waals surface area contributed by atoms with E-state index in [1.54, 1.807) is 30.3 Å². The molecular formula is C23H21NO7. The standard InChI is InChI=1S/C23H21NO7/c1-13(2)11-24-21(25)16-9-14-7-8-15(10-19(14)31-22(16)26)29-23(27)20-12-28-17-5-3-4-6-18(17)30-20/h3-10,13,20H,11-12H2,1-2H3,(H,24,25). The number of carbonyl (C=O) groups is 2. The van der Waals surface area contributed by atoms with E-state index in [0.29, 0.717) is 23.4 Å². The third kappa shape index (κ3) is 4.53. The van der Waals surface area contributed by atoms with Crippen LogP contribution in [0.4, 0.5) is 0 Å². The van der Waals surface area contributed by atoms with E-state index in [0.717, 1.165) is 0 Å². The van der Waals surface area contributed by atoms with Crippen LogP contribution in [-0.4, -0.2) is 31.1 Å². The van der Waals surface area contributed by atoms with Crippen LogP contribution >= 0.6 is 0 Å². The summed E-state index contributed by atoms with van der Waals surface area (Å²) < 4.78 is 21.8. The van der Waals surface area contributed by atoms with E-state index in [4.69, 9.17) is 18.6 Å². The zero-order valence-corrected chi connectivity index (χ0v) is 17.0. The van der Waals surface area contributed by atoms with Crippen LogP contribution in [0.2, 0.25) is 0 Å². The van der Waals surface area contributed by atoms with Crippen molar-refractivity contribution in [1.29, 1.82) is 0 Å². The third-order valence-corrected chi connectivity index (χ3v) is 4.61. The van der Waals surface area contributed by atoms with Crippen LogP contribution in [0.1, 0.15) is 24.2 Å². The Labute approximate surface area is 177 Å². The average molecular weight is 423 g/mol. The minimum atomic E-state index is -0.926. The van der Waals surface area contributed by atoms with Gasteiger partial charge in [-0.15, -0.1) is 0 Å². The Morgan fingerprint density at radius 1 is 1.13 bits per heavy atom. The summed E-state index contributed by atoms with van der Waals surface area (Å²) in [5, 5.41) is 3.22. The Morgan fingerprint density at radius 3 is 2.68 bits per heavy atom. The van der Waals surface area contributed by atoms with Gasteiger partial charge < -0.3 is 23.9 Å². The number of ether oxygens (including phenoxy) is 3. The fourth-order valence-corrected chi connectivity index (χ4v) is 3.02. The van der Waals surface area contributed by atoms with Crippen LogP contribution in [0.25, 0.3) is 11.0 Å². The molecular weight excluding hydrogens is 402 g/mol. The van der Waals surface area contributed by atoms with Gasteiger partial charge in [0.1, 0.15) is 23.5 Å². The molecule has 1 amide bonds. The molecule has 0 aliphatic carbocycles. The van der Waals surface area contributed by atoms with Crippen molar-refractivity contribution < 1.29 is 28.2 Å². The topological polar surface area (TPSA) is 104 Å². The number of para-hydroxylation sites is 2. The van der Waals surface area contributed by atoms with E-state index >= 15 is 0 Å². The second-order valence-corrected chi connectivity index (χ2v) is 7.54. The second-order valence-electron chi connectivity index (χ2n) is 7.54. The molecule has 0 saturated heterocycles. The smallest absolute Gasteiger partial charge is 0.356 e. The zero-order valence-electron chi connectivity index (χ0n) is 17.0. The predicted molar refractivity (Wildman–Crippen MR) is 112 cm³/mol. The molecule has 1 aliphatic rings. The lowest BCUT2D eigenvalue weighted by Gasteiger charge is -2.24. The number of amides is 1. The minimum Gasteiger partial charge on any atom is -0.485 e. The molecule has 0 radical (unpaired) electrons. The van der Waals surface area contributed by atoms with Gasteiger partial charge in [0.25, 0.3) is 5.91 Å². The predicted octanol–water partition coefficient (Wildman–Crippen LogP) is 2.92. The highest BCUT2D eigenvalue weighted by atomic mass is 16.6. The lowest BCUT2D eigenvalue weighted by atomic mass is 10.1. The first-order valence-corrected chi connectivity index (χ1v) is 9.87. The number of hydrogen-bond donors (Lipinski definition) is 1. The van der Waals surface area contributed by atoms with Gasteiger partial charge in [-0.3, -0.25) is 4.79 Å². The van der Waals surface area contributed by atoms with Gasteiger partial charge in [0.05, 0.1) is 0 Å². The summed E-state index contributed by atoms with van der Waals surface area (Å²) in [6.07, 6.45) is -0.926. The van der Waals surface area contributed by atoms with Crippen molar-refractivity contribution in [3.05, 3.63) is 64.5 Å². The summed E-state index contributed by atoms with van der Waals surface area (Å²) in [7, 11) is 0. The number of rotatable bonds is 5. The van der Waals surface area contributed by atoms with Gasteiger partial charge in [0.15, 0.2) is 11.5 Å². The van der Waals surface area contributed by atoms with Crippen molar-refractivity contribution in [2.24, 2.45) is 5.92 Å². The molecule has 160 valence electrons. The maximum absolute atomic E-state index is 12.5. The van der Waals surface area contributed by atoms with E-state index in [1.807, 2.05) is 19.9 Å². The lowest BCUT2D eigenvalue weighted by Crippen LogP contribution is -2.39. The van der Waals surface area contributed by atoms with Crippen LogP contribution in [0.15, 0.2) is 57.7 Å². The first-order chi connectivity index (χ1) is 14.9. The lowest BCUT2D eigenvalue weighted by molar-refractivity contribution is -0.144. The monoisotopic (exact) mass is 423 g/mol. The van der Waals surface area contributed by atoms with Crippen LogP contribution in [0.5, 0.6) is 17.2 Å². The molecule has 8 nitrogen and oxygen atoms in total. The highest BCUT2D eigenvalue weighted by Gasteiger charge is 2.29. The van der Waals surface area contributed by atoms with E-state index in [9.17, 15) is 14.4 Å². The van der Waals surface area contributed by atoms with Gasteiger partial charge in [0.2, 0.25) is 6.10 Å². The Morgan fingerprint density at radius 2 is 1.90 bits per heavy atom. The SMILES string of the molecule is CC(C)CNC(=O)c1cc2ccc(OC(=O)C3COc4ccccc4O3)cc2oc1=O. The number of fused-ring (bicyclic) bond motifs is 2. The fourth-order valence-electron chi connectivity index (χ4n) is 3.02. The first-order valence-electron chi connectivity index (χ1n) is 9.87. The summed E-state index contributed by atoms with van der Waals surface area (Å²) >= 11 is 0. The van der Waals surface area contributed by atoms with E-state index in [1.165, 1.54) is 12.1 Å². The molecule has 2 aromatic carbocycles. The van der Waals surface area contributed by atoms with Crippen LogP contribution in [0.3, 0.4) is 0 Å². The normalized spacial score (nSPS) is 15.0. The molecule has 3 aromatic rings. The Hall–Kier alpha value is -3.81. The van der Waals surface area contributed by atoms with Crippen LogP contribution in [0, 0.1) is 5.92 Å². The van der Waals surface area contributed by atoms with Gasteiger partial charge in [-0.05, 0) is 36.2 Å². The van der Waals surface area contributed by atoms with E-state index in [2.05, 4.69) is 5.32 Å². The maximum atomic E-state index is 12.5. The summed E-state index contributed by atoms with van der Waals surface area (Å²) in [6, 6.07) is 13.1. The molecule has 1 aliphatic heterocycles.